The monoisotopic (exact) mass is 434 g/mol. The summed E-state index contributed by atoms with van der Waals surface area (Å²) in [6, 6.07) is 19.3. The van der Waals surface area contributed by atoms with Gasteiger partial charge >= 0.3 is 5.97 Å². The van der Waals surface area contributed by atoms with Crippen LogP contribution in [0.1, 0.15) is 43.0 Å². The Morgan fingerprint density at radius 2 is 1.35 bits per heavy atom. The number of methoxy groups -OCH3 is 1. The molecule has 0 bridgehead atoms. The number of hydrogen-bond acceptors (Lipinski definition) is 5. The molecule has 3 aromatic carbocycles. The van der Waals surface area contributed by atoms with Crippen molar-refractivity contribution in [2.45, 2.75) is 20.8 Å². The fraction of sp³-hybridized carbons (Fsp3) is 0.160. The number of aryl methyl sites for hydroxylation is 3. The van der Waals surface area contributed by atoms with E-state index >= 15 is 0 Å². The zero-order valence-corrected chi connectivity index (χ0v) is 18.7. The Morgan fingerprint density at radius 1 is 0.806 bits per heavy atom. The first-order valence-electron chi connectivity index (χ1n) is 9.52. The van der Waals surface area contributed by atoms with Crippen molar-refractivity contribution in [2.75, 3.05) is 7.11 Å². The highest BCUT2D eigenvalue weighted by atomic mass is 31.1. The molecule has 31 heavy (non-hydrogen) atoms. The lowest BCUT2D eigenvalue weighted by Gasteiger charge is -2.11. The number of carbonyl (C=O) groups excluding carboxylic acids is 3. The van der Waals surface area contributed by atoms with Gasteiger partial charge in [-0.3, -0.25) is 14.2 Å². The van der Waals surface area contributed by atoms with Crippen molar-refractivity contribution in [2.24, 2.45) is 0 Å². The highest BCUT2D eigenvalue weighted by molar-refractivity contribution is 7.34. The maximum atomic E-state index is 12.6. The molecule has 6 heteroatoms. The van der Waals surface area contributed by atoms with Gasteiger partial charge in [-0.05, 0) is 44.0 Å². The molecule has 0 fully saturated rings. The van der Waals surface area contributed by atoms with E-state index in [2.05, 4.69) is 4.74 Å². The van der Waals surface area contributed by atoms with Crippen LogP contribution in [-0.2, 0) is 14.1 Å². The molecule has 3 rings (SSSR count). The second-order valence-corrected chi connectivity index (χ2v) is 7.56. The molecule has 3 aromatic rings. The summed E-state index contributed by atoms with van der Waals surface area (Å²) >= 11 is 0. The summed E-state index contributed by atoms with van der Waals surface area (Å²) in [6.45, 7) is 5.88. The lowest BCUT2D eigenvalue weighted by atomic mass is 9.93. The van der Waals surface area contributed by atoms with Gasteiger partial charge in [0.1, 0.15) is 0 Å². The Kier molecular flexibility index (Phi) is 8.53. The molecule has 0 amide bonds. The van der Waals surface area contributed by atoms with Gasteiger partial charge in [0.2, 0.25) is 0 Å². The second-order valence-electron chi connectivity index (χ2n) is 6.90. The molecule has 0 aliphatic rings. The van der Waals surface area contributed by atoms with Crippen LogP contribution in [0.4, 0.5) is 0 Å². The fourth-order valence-corrected chi connectivity index (χ4v) is 3.64. The zero-order chi connectivity index (χ0) is 23.0. The van der Waals surface area contributed by atoms with Crippen LogP contribution in [0.25, 0.3) is 0 Å². The van der Waals surface area contributed by atoms with Gasteiger partial charge in [-0.25, -0.2) is 4.79 Å². The summed E-state index contributed by atoms with van der Waals surface area (Å²) in [5, 5.41) is 0.534. The van der Waals surface area contributed by atoms with Crippen molar-refractivity contribution in [1.82, 2.24) is 0 Å². The highest BCUT2D eigenvalue weighted by Crippen LogP contribution is 2.20. The third-order valence-electron chi connectivity index (χ3n) is 4.56. The minimum atomic E-state index is -0.832. The largest absolute Gasteiger partial charge is 0.463 e. The second kappa shape index (κ2) is 11.1. The molecule has 5 nitrogen and oxygen atoms in total. The number of Topliss-reactive ketones (excluding diaryl/α,β-unsaturated/α-hetero) is 1. The van der Waals surface area contributed by atoms with Crippen LogP contribution < -0.4 is 5.30 Å². The quantitative estimate of drug-likeness (QED) is 0.249. The van der Waals surface area contributed by atoms with Gasteiger partial charge in [-0.1, -0.05) is 60.2 Å². The first-order chi connectivity index (χ1) is 14.8. The van der Waals surface area contributed by atoms with Crippen LogP contribution in [0.15, 0.2) is 66.7 Å². The average molecular weight is 434 g/mol. The number of ether oxygens (including phenoxy) is 1. The molecule has 0 aromatic heterocycles. The van der Waals surface area contributed by atoms with Gasteiger partial charge in [0, 0.05) is 16.7 Å². The normalized spacial score (nSPS) is 10.1. The van der Waals surface area contributed by atoms with E-state index in [9.17, 15) is 18.9 Å². The third kappa shape index (κ3) is 6.03. The Bertz CT molecular complexity index is 1100. The summed E-state index contributed by atoms with van der Waals surface area (Å²) < 4.78 is 15.4. The van der Waals surface area contributed by atoms with Crippen molar-refractivity contribution >= 4 is 31.3 Å². The molecule has 0 saturated carbocycles. The van der Waals surface area contributed by atoms with Gasteiger partial charge in [-0.15, -0.1) is 0 Å². The Hall–Kier alpha value is -3.43. The summed E-state index contributed by atoms with van der Waals surface area (Å²) in [5.41, 5.74) is 4.63. The molecular weight excluding hydrogens is 411 g/mol. The van der Waals surface area contributed by atoms with Gasteiger partial charge in [0.05, 0.1) is 12.4 Å². The van der Waals surface area contributed by atoms with Crippen LogP contribution in [-0.4, -0.2) is 24.6 Å². The van der Waals surface area contributed by atoms with Crippen molar-refractivity contribution in [3.8, 4) is 0 Å². The minimum absolute atomic E-state index is 0.0612. The van der Waals surface area contributed by atoms with E-state index in [1.807, 2.05) is 32.9 Å². The minimum Gasteiger partial charge on any atom is -0.463 e. The molecule has 0 atom stereocenters. The summed E-state index contributed by atoms with van der Waals surface area (Å²) in [6.07, 6.45) is 0. The summed E-state index contributed by atoms with van der Waals surface area (Å²) in [7, 11) is 1.06. The van der Waals surface area contributed by atoms with Crippen molar-refractivity contribution in [3.05, 3.63) is 100 Å². The topological polar surface area (TPSA) is 77.5 Å². The first-order valence-corrected chi connectivity index (χ1v) is 10.3. The van der Waals surface area contributed by atoms with E-state index in [1.54, 1.807) is 54.6 Å². The van der Waals surface area contributed by atoms with Gasteiger partial charge in [0.15, 0.2) is 14.2 Å². The van der Waals surface area contributed by atoms with Crippen LogP contribution in [0.2, 0.25) is 0 Å². The molecule has 0 N–H and O–H groups in total. The van der Waals surface area contributed by atoms with E-state index < -0.39 is 11.8 Å². The average Bonchev–Trinajstić information content (AvgIpc) is 2.78. The van der Waals surface area contributed by atoms with Crippen LogP contribution in [0, 0.1) is 20.8 Å². The van der Waals surface area contributed by atoms with Crippen LogP contribution in [0.3, 0.4) is 0 Å². The van der Waals surface area contributed by atoms with E-state index in [1.165, 1.54) is 7.11 Å². The molecule has 0 spiro atoms. The lowest BCUT2D eigenvalue weighted by molar-refractivity contribution is -0.135. The number of hydrogen-bond donors (Lipinski definition) is 0. The lowest BCUT2D eigenvalue weighted by Crippen LogP contribution is -2.15. The van der Waals surface area contributed by atoms with E-state index in [0.717, 1.165) is 16.7 Å². The molecule has 0 radical (unpaired) electrons. The molecule has 0 aliphatic heterocycles. The van der Waals surface area contributed by atoms with Crippen molar-refractivity contribution in [1.29, 1.82) is 0 Å². The van der Waals surface area contributed by atoms with E-state index in [0.29, 0.717) is 22.0 Å². The molecular formula is C25H23O5P. The molecule has 0 aliphatic carbocycles. The molecule has 0 heterocycles. The Morgan fingerprint density at radius 3 is 1.90 bits per heavy atom. The standard InChI is InChI=1S/C16H15O2P.C9H8O3/c1-10-8-11(2)15(12(3)9-10)16(17)13-6-4-5-7-14(13)19-18;1-12-9(11)8(10)7-5-3-2-4-6-7/h4-9H,1-3H3;2-6H,1H3. The van der Waals surface area contributed by atoms with Crippen molar-refractivity contribution in [3.63, 3.8) is 0 Å². The number of ketones is 2. The Balaban J connectivity index is 0.000000245. The van der Waals surface area contributed by atoms with Gasteiger partial charge in [-0.2, -0.15) is 0 Å². The molecule has 0 unspecified atom stereocenters. The number of benzene rings is 3. The zero-order valence-electron chi connectivity index (χ0n) is 17.8. The van der Waals surface area contributed by atoms with Gasteiger partial charge < -0.3 is 4.74 Å². The van der Waals surface area contributed by atoms with E-state index in [4.69, 9.17) is 0 Å². The highest BCUT2D eigenvalue weighted by Gasteiger charge is 2.18. The fourth-order valence-electron chi connectivity index (χ4n) is 3.22. The summed E-state index contributed by atoms with van der Waals surface area (Å²) in [5.74, 6) is -1.51. The van der Waals surface area contributed by atoms with Gasteiger partial charge in [0.25, 0.3) is 5.78 Å². The maximum absolute atomic E-state index is 12.6. The molecule has 158 valence electrons. The number of esters is 1. The van der Waals surface area contributed by atoms with Crippen LogP contribution >= 0.6 is 8.46 Å². The SMILES string of the molecule is COC(=O)C(=O)c1ccccc1.Cc1cc(C)c(C(=O)c2ccccc2P=O)c(C)c1. The third-order valence-corrected chi connectivity index (χ3v) is 5.14. The Labute approximate surface area is 183 Å². The first kappa shape index (κ1) is 23.8. The van der Waals surface area contributed by atoms with E-state index in [-0.39, 0.29) is 14.2 Å². The summed E-state index contributed by atoms with van der Waals surface area (Å²) in [4.78, 5) is 34.5. The smallest absolute Gasteiger partial charge is 0.379 e. The number of carbonyl (C=O) groups is 3. The number of rotatable bonds is 5. The predicted molar refractivity (Wildman–Crippen MR) is 121 cm³/mol. The predicted octanol–water partition coefficient (Wildman–Crippen LogP) is 4.80. The molecule has 0 saturated heterocycles. The maximum Gasteiger partial charge on any atom is 0.379 e. The van der Waals surface area contributed by atoms with Crippen molar-refractivity contribution < 1.29 is 23.7 Å². The van der Waals surface area contributed by atoms with Crippen LogP contribution in [0.5, 0.6) is 0 Å².